The lowest BCUT2D eigenvalue weighted by atomic mass is 10.0. The van der Waals surface area contributed by atoms with Gasteiger partial charge in [0.2, 0.25) is 0 Å². The summed E-state index contributed by atoms with van der Waals surface area (Å²) >= 11 is 0. The van der Waals surface area contributed by atoms with Gasteiger partial charge in [0, 0.05) is 19.3 Å². The van der Waals surface area contributed by atoms with Crippen molar-refractivity contribution < 1.29 is 28.6 Å². The van der Waals surface area contributed by atoms with Gasteiger partial charge in [0.1, 0.15) is 13.2 Å². The van der Waals surface area contributed by atoms with Crippen molar-refractivity contribution in [2.75, 3.05) is 13.2 Å². The molecule has 0 aliphatic heterocycles. The van der Waals surface area contributed by atoms with E-state index in [-0.39, 0.29) is 37.5 Å². The van der Waals surface area contributed by atoms with Crippen LogP contribution in [0.3, 0.4) is 0 Å². The zero-order valence-electron chi connectivity index (χ0n) is 53.1. The highest BCUT2D eigenvalue weighted by Gasteiger charge is 2.19. The van der Waals surface area contributed by atoms with Gasteiger partial charge in [-0.05, 0) is 83.5 Å². The summed E-state index contributed by atoms with van der Waals surface area (Å²) < 4.78 is 16.9. The van der Waals surface area contributed by atoms with Gasteiger partial charge >= 0.3 is 17.9 Å². The molecule has 0 aromatic carbocycles. The van der Waals surface area contributed by atoms with E-state index < -0.39 is 6.10 Å². The lowest BCUT2D eigenvalue weighted by Gasteiger charge is -2.18. The van der Waals surface area contributed by atoms with Crippen LogP contribution in [0.4, 0.5) is 0 Å². The van der Waals surface area contributed by atoms with Crippen molar-refractivity contribution in [1.82, 2.24) is 0 Å². The normalized spacial score (nSPS) is 12.6. The molecule has 462 valence electrons. The fourth-order valence-electron chi connectivity index (χ4n) is 9.99. The highest BCUT2D eigenvalue weighted by atomic mass is 16.6. The third-order valence-corrected chi connectivity index (χ3v) is 15.1. The third kappa shape index (κ3) is 65.4. The molecule has 0 radical (unpaired) electrons. The summed E-state index contributed by atoms with van der Waals surface area (Å²) in [5.74, 6) is -0.963. The number of unbranched alkanes of at least 4 members (excludes halogenated alkanes) is 38. The molecule has 1 unspecified atom stereocenters. The Morgan fingerprint density at radius 1 is 0.263 bits per heavy atom. The number of hydrogen-bond acceptors (Lipinski definition) is 6. The highest BCUT2D eigenvalue weighted by Crippen LogP contribution is 2.18. The van der Waals surface area contributed by atoms with Crippen molar-refractivity contribution in [2.45, 2.75) is 354 Å². The first-order chi connectivity index (χ1) is 39.5. The predicted octanol–water partition coefficient (Wildman–Crippen LogP) is 23.8. The molecular formula is C74H130O6. The van der Waals surface area contributed by atoms with Crippen LogP contribution in [0.1, 0.15) is 348 Å². The molecule has 0 spiro atoms. The van der Waals surface area contributed by atoms with Crippen molar-refractivity contribution >= 4 is 17.9 Å². The molecule has 0 bridgehead atoms. The number of carbonyl (C=O) groups is 3. The fourth-order valence-corrected chi connectivity index (χ4v) is 9.99. The van der Waals surface area contributed by atoms with E-state index in [1.165, 1.54) is 193 Å². The van der Waals surface area contributed by atoms with Crippen LogP contribution in [-0.2, 0) is 28.6 Å². The minimum atomic E-state index is -0.812. The van der Waals surface area contributed by atoms with Crippen LogP contribution in [0.2, 0.25) is 0 Å². The Balaban J connectivity index is 4.18. The Morgan fingerprint density at radius 3 is 0.850 bits per heavy atom. The number of ether oxygens (including phenoxy) is 3. The third-order valence-electron chi connectivity index (χ3n) is 15.1. The summed E-state index contributed by atoms with van der Waals surface area (Å²) in [7, 11) is 0. The number of hydrogen-bond donors (Lipinski definition) is 0. The molecule has 0 fully saturated rings. The first-order valence-electron chi connectivity index (χ1n) is 34.6. The second-order valence-electron chi connectivity index (χ2n) is 23.1. The van der Waals surface area contributed by atoms with E-state index in [9.17, 15) is 14.4 Å². The Bertz CT molecular complexity index is 1520. The van der Waals surface area contributed by atoms with Crippen LogP contribution in [-0.4, -0.2) is 37.2 Å². The molecule has 0 N–H and O–H groups in total. The van der Waals surface area contributed by atoms with Gasteiger partial charge in [0.15, 0.2) is 6.10 Å². The lowest BCUT2D eigenvalue weighted by molar-refractivity contribution is -0.167. The fraction of sp³-hybridized carbons (Fsp3) is 0.770. The topological polar surface area (TPSA) is 78.9 Å². The molecular weight excluding hydrogens is 985 g/mol. The van der Waals surface area contributed by atoms with E-state index in [1.807, 2.05) is 0 Å². The summed E-state index contributed by atoms with van der Waals surface area (Å²) in [6.45, 7) is 6.44. The molecule has 0 aromatic rings. The van der Waals surface area contributed by atoms with E-state index >= 15 is 0 Å². The van der Waals surface area contributed by atoms with Gasteiger partial charge in [-0.25, -0.2) is 0 Å². The largest absolute Gasteiger partial charge is 0.462 e. The quantitative estimate of drug-likeness (QED) is 0.0261. The zero-order valence-corrected chi connectivity index (χ0v) is 53.1. The minimum Gasteiger partial charge on any atom is -0.462 e. The smallest absolute Gasteiger partial charge is 0.306 e. The van der Waals surface area contributed by atoms with E-state index in [2.05, 4.69) is 106 Å². The highest BCUT2D eigenvalue weighted by molar-refractivity contribution is 5.71. The maximum Gasteiger partial charge on any atom is 0.306 e. The van der Waals surface area contributed by atoms with Gasteiger partial charge in [-0.15, -0.1) is 0 Å². The van der Waals surface area contributed by atoms with Gasteiger partial charge < -0.3 is 14.2 Å². The second kappa shape index (κ2) is 68.1. The average Bonchev–Trinajstić information content (AvgIpc) is 3.46. The molecule has 0 amide bonds. The summed E-state index contributed by atoms with van der Waals surface area (Å²) in [5, 5.41) is 0. The molecule has 0 rings (SSSR count). The molecule has 0 aliphatic carbocycles. The van der Waals surface area contributed by atoms with E-state index in [0.29, 0.717) is 19.3 Å². The Morgan fingerprint density at radius 2 is 0.525 bits per heavy atom. The van der Waals surface area contributed by atoms with Crippen molar-refractivity contribution in [1.29, 1.82) is 0 Å². The molecule has 0 aliphatic rings. The molecule has 6 nitrogen and oxygen atoms in total. The number of allylic oxidation sites excluding steroid dienone is 14. The summed E-state index contributed by atoms with van der Waals surface area (Å²) in [4.78, 5) is 38.3. The van der Waals surface area contributed by atoms with Crippen molar-refractivity contribution in [2.24, 2.45) is 0 Å². The average molecular weight is 1120 g/mol. The molecule has 1 atom stereocenters. The minimum absolute atomic E-state index is 0.101. The molecule has 0 saturated carbocycles. The maximum atomic E-state index is 12.9. The predicted molar refractivity (Wildman–Crippen MR) is 348 cm³/mol. The molecule has 6 heteroatoms. The molecule has 80 heavy (non-hydrogen) atoms. The molecule has 0 aromatic heterocycles. The zero-order chi connectivity index (χ0) is 57.8. The van der Waals surface area contributed by atoms with Gasteiger partial charge in [-0.1, -0.05) is 331 Å². The Hall–Kier alpha value is -3.41. The van der Waals surface area contributed by atoms with E-state index in [1.54, 1.807) is 0 Å². The monoisotopic (exact) mass is 1110 g/mol. The lowest BCUT2D eigenvalue weighted by Crippen LogP contribution is -2.30. The maximum absolute atomic E-state index is 12.9. The first-order valence-corrected chi connectivity index (χ1v) is 34.6. The molecule has 0 heterocycles. The summed E-state index contributed by atoms with van der Waals surface area (Å²) in [6.07, 6.45) is 90.7. The summed E-state index contributed by atoms with van der Waals surface area (Å²) in [6, 6.07) is 0. The van der Waals surface area contributed by atoms with Gasteiger partial charge in [-0.2, -0.15) is 0 Å². The standard InChI is InChI=1S/C74H130O6/c1-4-7-10-13-16-19-22-25-27-29-30-31-32-33-34-35-36-37-38-39-40-41-42-43-45-46-49-52-55-58-61-64-67-73(76)79-70-71(69-78-72(75)66-63-60-57-54-51-48-24-21-18-15-12-9-6-3)80-74(77)68-65-62-59-56-53-50-47-44-28-26-23-20-17-14-11-8-5-2/h8,11-12,15,17,20-21,24,26,28,47,50,56,59,71H,4-7,9-10,13-14,16,18-19,22-23,25,27,29-46,48-49,51-55,57-58,60-70H2,1-3H3/b11-8-,15-12-,20-17-,24-21-,28-26-,50-47-,59-56-. The van der Waals surface area contributed by atoms with Crippen molar-refractivity contribution in [3.63, 3.8) is 0 Å². The van der Waals surface area contributed by atoms with Gasteiger partial charge in [0.25, 0.3) is 0 Å². The van der Waals surface area contributed by atoms with Crippen LogP contribution < -0.4 is 0 Å². The van der Waals surface area contributed by atoms with Gasteiger partial charge in [0.05, 0.1) is 0 Å². The summed E-state index contributed by atoms with van der Waals surface area (Å²) in [5.41, 5.74) is 0. The van der Waals surface area contributed by atoms with Crippen LogP contribution in [0.5, 0.6) is 0 Å². The molecule has 0 saturated heterocycles. The van der Waals surface area contributed by atoms with E-state index in [0.717, 1.165) is 109 Å². The number of carbonyl (C=O) groups excluding carboxylic acids is 3. The van der Waals surface area contributed by atoms with Crippen LogP contribution in [0.25, 0.3) is 0 Å². The second-order valence-corrected chi connectivity index (χ2v) is 23.1. The van der Waals surface area contributed by atoms with E-state index in [4.69, 9.17) is 14.2 Å². The van der Waals surface area contributed by atoms with Crippen LogP contribution in [0, 0.1) is 0 Å². The van der Waals surface area contributed by atoms with Crippen molar-refractivity contribution in [3.8, 4) is 0 Å². The number of esters is 3. The van der Waals surface area contributed by atoms with Crippen LogP contribution >= 0.6 is 0 Å². The number of rotatable bonds is 63. The SMILES string of the molecule is CC/C=C\C/C=C\C/C=C\C/C=C\C/C=C\CCCC(=O)OC(COC(=O)CCCCCCC/C=C\C/C=C\CCC)COC(=O)CCCCCCCCCCCCCCCCCCCCCCCCCCCCCCCCCC. The van der Waals surface area contributed by atoms with Crippen molar-refractivity contribution in [3.05, 3.63) is 85.1 Å². The Labute approximate surface area is 496 Å². The first kappa shape index (κ1) is 76.6. The Kier molecular flexibility index (Phi) is 65.2. The van der Waals surface area contributed by atoms with Crippen LogP contribution in [0.15, 0.2) is 85.1 Å². The van der Waals surface area contributed by atoms with Gasteiger partial charge in [-0.3, -0.25) is 14.4 Å².